The molecule has 1 fully saturated rings. The van der Waals surface area contributed by atoms with Gasteiger partial charge in [0.1, 0.15) is 5.84 Å². The minimum atomic E-state index is 0.187. The van der Waals surface area contributed by atoms with Crippen LogP contribution in [0.1, 0.15) is 37.3 Å². The van der Waals surface area contributed by atoms with E-state index in [0.717, 1.165) is 23.9 Å². The zero-order valence-corrected chi connectivity index (χ0v) is 11.8. The van der Waals surface area contributed by atoms with E-state index in [2.05, 4.69) is 27.8 Å². The average molecular weight is 278 g/mol. The Morgan fingerprint density at radius 2 is 1.89 bits per heavy atom. The number of hydrogen-bond donors (Lipinski definition) is 2. The fourth-order valence-electron chi connectivity index (χ4n) is 2.91. The maximum absolute atomic E-state index is 5.96. The molecule has 0 bridgehead atoms. The summed E-state index contributed by atoms with van der Waals surface area (Å²) in [5.41, 5.74) is 1.23. The van der Waals surface area contributed by atoms with E-state index >= 15 is 0 Å². The van der Waals surface area contributed by atoms with Crippen molar-refractivity contribution in [2.24, 2.45) is 4.99 Å². The van der Waals surface area contributed by atoms with Crippen LogP contribution in [0.3, 0.4) is 0 Å². The van der Waals surface area contributed by atoms with Crippen LogP contribution in [-0.2, 0) is 0 Å². The van der Waals surface area contributed by atoms with Crippen LogP contribution < -0.4 is 10.6 Å². The van der Waals surface area contributed by atoms with E-state index < -0.39 is 0 Å². The molecule has 2 N–H and O–H groups in total. The summed E-state index contributed by atoms with van der Waals surface area (Å²) in [6.07, 6.45) is 5.21. The number of nitrogens with zero attached hydrogens (tertiary/aromatic N) is 1. The van der Waals surface area contributed by atoms with Crippen molar-refractivity contribution in [3.63, 3.8) is 0 Å². The molecule has 0 spiro atoms. The second kappa shape index (κ2) is 5.93. The molecule has 4 heteroatoms. The third-order valence-electron chi connectivity index (χ3n) is 3.93. The van der Waals surface area contributed by atoms with Crippen molar-refractivity contribution in [3.05, 3.63) is 34.9 Å². The molecule has 1 aromatic carbocycles. The van der Waals surface area contributed by atoms with Crippen LogP contribution in [0.4, 0.5) is 0 Å². The van der Waals surface area contributed by atoms with Crippen LogP contribution in [-0.4, -0.2) is 25.0 Å². The Balaban J connectivity index is 1.76. The molecule has 0 aromatic heterocycles. The Morgan fingerprint density at radius 3 is 2.63 bits per heavy atom. The minimum absolute atomic E-state index is 0.187. The summed E-state index contributed by atoms with van der Waals surface area (Å²) in [7, 11) is 0. The molecule has 0 saturated heterocycles. The molecule has 1 aromatic rings. The van der Waals surface area contributed by atoms with Crippen LogP contribution in [0, 0.1) is 0 Å². The van der Waals surface area contributed by atoms with Gasteiger partial charge in [-0.25, -0.2) is 0 Å². The largest absolute Gasteiger partial charge is 0.370 e. The van der Waals surface area contributed by atoms with Crippen molar-refractivity contribution in [1.29, 1.82) is 0 Å². The lowest BCUT2D eigenvalue weighted by Gasteiger charge is -2.28. The first-order valence-corrected chi connectivity index (χ1v) is 7.50. The fourth-order valence-corrected chi connectivity index (χ4v) is 3.04. The lowest BCUT2D eigenvalue weighted by Crippen LogP contribution is -2.45. The molecule has 1 aliphatic carbocycles. The molecular weight excluding hydrogens is 258 g/mol. The van der Waals surface area contributed by atoms with E-state index in [0.29, 0.717) is 6.04 Å². The Labute approximate surface area is 119 Å². The predicted octanol–water partition coefficient (Wildman–Crippen LogP) is 2.92. The van der Waals surface area contributed by atoms with E-state index in [4.69, 9.17) is 11.6 Å². The van der Waals surface area contributed by atoms with E-state index in [-0.39, 0.29) is 6.04 Å². The van der Waals surface area contributed by atoms with Crippen LogP contribution in [0.25, 0.3) is 0 Å². The topological polar surface area (TPSA) is 36.4 Å². The summed E-state index contributed by atoms with van der Waals surface area (Å²) in [6, 6.07) is 8.84. The lowest BCUT2D eigenvalue weighted by molar-refractivity contribution is 0.559. The first-order chi connectivity index (χ1) is 9.33. The molecule has 2 aliphatic rings. The molecule has 1 unspecified atom stereocenters. The smallest absolute Gasteiger partial charge is 0.118 e. The second-order valence-corrected chi connectivity index (χ2v) is 5.77. The van der Waals surface area contributed by atoms with E-state index in [1.54, 1.807) is 0 Å². The van der Waals surface area contributed by atoms with Crippen molar-refractivity contribution < 1.29 is 0 Å². The molecule has 1 aliphatic heterocycles. The van der Waals surface area contributed by atoms with Crippen LogP contribution in [0.2, 0.25) is 5.02 Å². The molecule has 1 heterocycles. The number of hydrogen-bond acceptors (Lipinski definition) is 3. The van der Waals surface area contributed by atoms with Crippen molar-refractivity contribution in [1.82, 2.24) is 10.6 Å². The number of amidine groups is 1. The van der Waals surface area contributed by atoms with Gasteiger partial charge in [0.05, 0.1) is 12.6 Å². The molecule has 3 rings (SSSR count). The van der Waals surface area contributed by atoms with Crippen molar-refractivity contribution in [3.8, 4) is 0 Å². The molecule has 1 atom stereocenters. The monoisotopic (exact) mass is 277 g/mol. The molecule has 0 amide bonds. The van der Waals surface area contributed by atoms with Gasteiger partial charge in [-0.05, 0) is 30.5 Å². The first-order valence-electron chi connectivity index (χ1n) is 7.12. The van der Waals surface area contributed by atoms with Gasteiger partial charge in [-0.3, -0.25) is 4.99 Å². The zero-order chi connectivity index (χ0) is 13.1. The summed E-state index contributed by atoms with van der Waals surface area (Å²) in [5, 5.41) is 7.96. The maximum atomic E-state index is 5.96. The van der Waals surface area contributed by atoms with Gasteiger partial charge in [-0.1, -0.05) is 36.6 Å². The predicted molar refractivity (Wildman–Crippen MR) is 79.9 cm³/mol. The van der Waals surface area contributed by atoms with Gasteiger partial charge >= 0.3 is 0 Å². The Bertz CT molecular complexity index is 449. The zero-order valence-electron chi connectivity index (χ0n) is 11.0. The normalized spacial score (nSPS) is 24.3. The quantitative estimate of drug-likeness (QED) is 0.872. The third kappa shape index (κ3) is 3.10. The van der Waals surface area contributed by atoms with Gasteiger partial charge in [0.15, 0.2) is 0 Å². The molecule has 1 saturated carbocycles. The summed E-state index contributed by atoms with van der Waals surface area (Å²) >= 11 is 5.96. The highest BCUT2D eigenvalue weighted by atomic mass is 35.5. The minimum Gasteiger partial charge on any atom is -0.370 e. The summed E-state index contributed by atoms with van der Waals surface area (Å²) in [6.45, 7) is 1.79. The van der Waals surface area contributed by atoms with E-state index in [9.17, 15) is 0 Å². The van der Waals surface area contributed by atoms with Gasteiger partial charge in [-0.15, -0.1) is 0 Å². The molecule has 19 heavy (non-hydrogen) atoms. The highest BCUT2D eigenvalue weighted by Gasteiger charge is 2.24. The third-order valence-corrected chi connectivity index (χ3v) is 4.18. The number of halogens is 1. The van der Waals surface area contributed by atoms with Crippen molar-refractivity contribution in [2.45, 2.75) is 37.8 Å². The molecule has 102 valence electrons. The number of rotatable bonds is 2. The van der Waals surface area contributed by atoms with E-state index in [1.165, 1.54) is 31.2 Å². The highest BCUT2D eigenvalue weighted by molar-refractivity contribution is 6.30. The Kier molecular flexibility index (Phi) is 4.04. The van der Waals surface area contributed by atoms with Crippen molar-refractivity contribution in [2.75, 3.05) is 13.1 Å². The fraction of sp³-hybridized carbons (Fsp3) is 0.533. The van der Waals surface area contributed by atoms with Crippen LogP contribution in [0.15, 0.2) is 29.3 Å². The Hall–Kier alpha value is -1.06. The average Bonchev–Trinajstić information content (AvgIpc) is 2.93. The standard InChI is InChI=1S/C15H20ClN3/c16-12-7-5-11(6-8-12)14-15(18-10-9-17-14)19-13-3-1-2-4-13/h5-8,13-14,17H,1-4,9-10H2,(H,18,19). The first kappa shape index (κ1) is 12.9. The molecule has 0 radical (unpaired) electrons. The highest BCUT2D eigenvalue weighted by Crippen LogP contribution is 2.22. The van der Waals surface area contributed by atoms with Gasteiger partial charge in [0.25, 0.3) is 0 Å². The van der Waals surface area contributed by atoms with Gasteiger partial charge in [0, 0.05) is 17.6 Å². The lowest BCUT2D eigenvalue weighted by atomic mass is 10.0. The van der Waals surface area contributed by atoms with Crippen molar-refractivity contribution >= 4 is 17.4 Å². The molecule has 3 nitrogen and oxygen atoms in total. The second-order valence-electron chi connectivity index (χ2n) is 5.33. The van der Waals surface area contributed by atoms with Crippen LogP contribution >= 0.6 is 11.6 Å². The summed E-state index contributed by atoms with van der Waals surface area (Å²) in [5.74, 6) is 1.10. The van der Waals surface area contributed by atoms with E-state index in [1.807, 2.05) is 12.1 Å². The summed E-state index contributed by atoms with van der Waals surface area (Å²) in [4.78, 5) is 4.68. The van der Waals surface area contributed by atoms with Gasteiger partial charge in [-0.2, -0.15) is 0 Å². The molecular formula is C15H20ClN3. The van der Waals surface area contributed by atoms with Crippen LogP contribution in [0.5, 0.6) is 0 Å². The summed E-state index contributed by atoms with van der Waals surface area (Å²) < 4.78 is 0. The number of aliphatic imine (C=N–C) groups is 1. The van der Waals surface area contributed by atoms with Gasteiger partial charge < -0.3 is 10.6 Å². The Morgan fingerprint density at radius 1 is 1.16 bits per heavy atom. The maximum Gasteiger partial charge on any atom is 0.118 e. The number of nitrogens with one attached hydrogen (secondary N) is 2. The SMILES string of the molecule is Clc1ccc(C2NCCN=C2NC2CCCC2)cc1. The van der Waals surface area contributed by atoms with Gasteiger partial charge in [0.2, 0.25) is 0 Å². The number of benzene rings is 1.